The average Bonchev–Trinajstić information content (AvgIpc) is 2.54. The van der Waals surface area contributed by atoms with Crippen LogP contribution < -0.4 is 15.4 Å². The molecule has 2 rings (SSSR count). The lowest BCUT2D eigenvalue weighted by Crippen LogP contribution is -2.33. The van der Waals surface area contributed by atoms with Crippen LogP contribution in [0, 0.1) is 0 Å². The predicted octanol–water partition coefficient (Wildman–Crippen LogP) is 2.64. The molecule has 2 aromatic rings. The molecule has 9 heteroatoms. The van der Waals surface area contributed by atoms with Gasteiger partial charge in [-0.25, -0.2) is 9.97 Å². The zero-order valence-corrected chi connectivity index (χ0v) is 14.3. The smallest absolute Gasteiger partial charge is 0.305 e. The van der Waals surface area contributed by atoms with E-state index in [2.05, 4.69) is 20.6 Å². The maximum atomic E-state index is 11.1. The summed E-state index contributed by atoms with van der Waals surface area (Å²) in [4.78, 5) is 19.0. The molecule has 0 unspecified atom stereocenters. The molecule has 0 saturated carbocycles. The minimum absolute atomic E-state index is 0.142. The first kappa shape index (κ1) is 17.9. The first-order valence-corrected chi connectivity index (χ1v) is 7.67. The van der Waals surface area contributed by atoms with Crippen molar-refractivity contribution in [1.82, 2.24) is 15.3 Å². The van der Waals surface area contributed by atoms with Gasteiger partial charge in [0.25, 0.3) is 0 Å². The molecule has 0 amide bonds. The number of ether oxygens (including phenoxy) is 1. The molecule has 1 atom stereocenters. The van der Waals surface area contributed by atoms with Crippen LogP contribution in [-0.2, 0) is 4.79 Å². The van der Waals surface area contributed by atoms with E-state index in [4.69, 9.17) is 33.7 Å². The number of halogens is 1. The minimum Gasteiger partial charge on any atom is -0.481 e. The van der Waals surface area contributed by atoms with Gasteiger partial charge in [0, 0.05) is 11.1 Å². The maximum Gasteiger partial charge on any atom is 0.305 e. The molecule has 0 aliphatic heterocycles. The van der Waals surface area contributed by atoms with Gasteiger partial charge in [0.15, 0.2) is 5.11 Å². The van der Waals surface area contributed by atoms with E-state index in [1.54, 1.807) is 30.3 Å². The van der Waals surface area contributed by atoms with Crippen molar-refractivity contribution in [3.8, 4) is 5.88 Å². The fourth-order valence-corrected chi connectivity index (χ4v) is 2.32. The summed E-state index contributed by atoms with van der Waals surface area (Å²) in [6, 6.07) is 7.95. The van der Waals surface area contributed by atoms with Crippen LogP contribution in [0.25, 0.3) is 0 Å². The van der Waals surface area contributed by atoms with E-state index in [0.717, 1.165) is 5.56 Å². The van der Waals surface area contributed by atoms with Crippen molar-refractivity contribution >= 4 is 40.7 Å². The predicted molar refractivity (Wildman–Crippen MR) is 94.4 cm³/mol. The third-order valence-corrected chi connectivity index (χ3v) is 3.52. The van der Waals surface area contributed by atoms with Crippen LogP contribution in [0.5, 0.6) is 5.88 Å². The van der Waals surface area contributed by atoms with Crippen LogP contribution in [-0.4, -0.2) is 33.3 Å². The van der Waals surface area contributed by atoms with Crippen LogP contribution in [0.3, 0.4) is 0 Å². The Hall–Kier alpha value is -2.45. The molecular formula is C15H15ClN4O3S. The van der Waals surface area contributed by atoms with Gasteiger partial charge in [-0.05, 0) is 29.9 Å². The zero-order valence-electron chi connectivity index (χ0n) is 12.7. The van der Waals surface area contributed by atoms with Crippen LogP contribution >= 0.6 is 23.8 Å². The molecule has 0 spiro atoms. The van der Waals surface area contributed by atoms with E-state index in [9.17, 15) is 4.79 Å². The molecule has 1 heterocycles. The lowest BCUT2D eigenvalue weighted by atomic mass is 10.0. The molecule has 126 valence electrons. The number of hydrogen-bond acceptors (Lipinski definition) is 5. The molecule has 0 fully saturated rings. The van der Waals surface area contributed by atoms with Gasteiger partial charge in [0.1, 0.15) is 12.1 Å². The van der Waals surface area contributed by atoms with Crippen LogP contribution in [0.15, 0.2) is 36.7 Å². The number of thiocarbonyl (C=S) groups is 1. The summed E-state index contributed by atoms with van der Waals surface area (Å²) in [6.07, 6.45) is 1.19. The summed E-state index contributed by atoms with van der Waals surface area (Å²) < 4.78 is 5.01. The highest BCUT2D eigenvalue weighted by molar-refractivity contribution is 7.80. The monoisotopic (exact) mass is 366 g/mol. The largest absolute Gasteiger partial charge is 0.481 e. The summed E-state index contributed by atoms with van der Waals surface area (Å²) in [6.45, 7) is 0. The highest BCUT2D eigenvalue weighted by Crippen LogP contribution is 2.20. The van der Waals surface area contributed by atoms with Crippen molar-refractivity contribution < 1.29 is 14.6 Å². The van der Waals surface area contributed by atoms with Crippen molar-refractivity contribution in [3.63, 3.8) is 0 Å². The number of anilines is 1. The lowest BCUT2D eigenvalue weighted by molar-refractivity contribution is -0.137. The highest BCUT2D eigenvalue weighted by atomic mass is 35.5. The fourth-order valence-electron chi connectivity index (χ4n) is 1.95. The molecule has 1 aromatic carbocycles. The average molecular weight is 367 g/mol. The van der Waals surface area contributed by atoms with Crippen molar-refractivity contribution in [1.29, 1.82) is 0 Å². The first-order valence-electron chi connectivity index (χ1n) is 6.88. The number of benzene rings is 1. The number of carboxylic acids is 1. The third kappa shape index (κ3) is 5.32. The van der Waals surface area contributed by atoms with Gasteiger partial charge < -0.3 is 20.5 Å². The second-order valence-corrected chi connectivity index (χ2v) is 5.59. The van der Waals surface area contributed by atoms with Crippen molar-refractivity contribution in [3.05, 3.63) is 47.2 Å². The quantitative estimate of drug-likeness (QED) is 0.671. The standard InChI is InChI=1S/C15H15ClN4O3S/c1-23-13-7-12(17-8-18-13)20-15(24)19-11(6-14(21)22)9-2-4-10(16)5-3-9/h2-5,7-8,11H,6H2,1H3,(H,21,22)(H2,17,18,19,20,24)/t11-/m1/s1. The van der Waals surface area contributed by atoms with Gasteiger partial charge in [-0.3, -0.25) is 4.79 Å². The third-order valence-electron chi connectivity index (χ3n) is 3.05. The highest BCUT2D eigenvalue weighted by Gasteiger charge is 2.17. The van der Waals surface area contributed by atoms with Gasteiger partial charge >= 0.3 is 5.97 Å². The molecule has 1 aromatic heterocycles. The Kier molecular flexibility index (Phi) is 6.28. The minimum atomic E-state index is -0.950. The van der Waals surface area contributed by atoms with Crippen molar-refractivity contribution in [2.45, 2.75) is 12.5 Å². The molecule has 0 bridgehead atoms. The van der Waals surface area contributed by atoms with E-state index in [1.807, 2.05) is 0 Å². The number of aromatic nitrogens is 2. The van der Waals surface area contributed by atoms with E-state index >= 15 is 0 Å². The van der Waals surface area contributed by atoms with E-state index in [1.165, 1.54) is 13.4 Å². The normalized spacial score (nSPS) is 11.4. The zero-order chi connectivity index (χ0) is 17.5. The number of nitrogens with zero attached hydrogens (tertiary/aromatic N) is 2. The molecular weight excluding hydrogens is 352 g/mol. The molecule has 0 aliphatic rings. The number of methoxy groups -OCH3 is 1. The van der Waals surface area contributed by atoms with Crippen LogP contribution in [0.2, 0.25) is 5.02 Å². The van der Waals surface area contributed by atoms with Gasteiger partial charge in [-0.2, -0.15) is 0 Å². The number of carbonyl (C=O) groups is 1. The summed E-state index contributed by atoms with van der Waals surface area (Å²) in [5, 5.41) is 15.7. The summed E-state index contributed by atoms with van der Waals surface area (Å²) >= 11 is 11.1. The molecule has 0 aliphatic carbocycles. The van der Waals surface area contributed by atoms with Gasteiger partial charge in [-0.1, -0.05) is 23.7 Å². The van der Waals surface area contributed by atoms with E-state index < -0.39 is 12.0 Å². The first-order chi connectivity index (χ1) is 11.5. The topological polar surface area (TPSA) is 96.4 Å². The maximum absolute atomic E-state index is 11.1. The number of rotatable bonds is 6. The SMILES string of the molecule is COc1cc(NC(=S)N[C@H](CC(=O)O)c2ccc(Cl)cc2)ncn1. The van der Waals surface area contributed by atoms with E-state index in [0.29, 0.717) is 16.7 Å². The van der Waals surface area contributed by atoms with Gasteiger partial charge in [0.05, 0.1) is 19.6 Å². The molecule has 0 radical (unpaired) electrons. The number of hydrogen-bond donors (Lipinski definition) is 3. The molecule has 24 heavy (non-hydrogen) atoms. The Morgan fingerprint density at radius 3 is 2.71 bits per heavy atom. The second-order valence-electron chi connectivity index (χ2n) is 4.75. The number of carboxylic acid groups (broad SMARTS) is 1. The van der Waals surface area contributed by atoms with Crippen LogP contribution in [0.4, 0.5) is 5.82 Å². The Labute approximate surface area is 149 Å². The number of aliphatic carboxylic acids is 1. The molecule has 0 saturated heterocycles. The second kappa shape index (κ2) is 8.42. The lowest BCUT2D eigenvalue weighted by Gasteiger charge is -2.19. The van der Waals surface area contributed by atoms with Crippen molar-refractivity contribution in [2.24, 2.45) is 0 Å². The summed E-state index contributed by atoms with van der Waals surface area (Å²) in [5.41, 5.74) is 0.756. The Balaban J connectivity index is 2.08. The Morgan fingerprint density at radius 2 is 2.08 bits per heavy atom. The van der Waals surface area contributed by atoms with Gasteiger partial charge in [0.2, 0.25) is 5.88 Å². The van der Waals surface area contributed by atoms with Crippen LogP contribution in [0.1, 0.15) is 18.0 Å². The van der Waals surface area contributed by atoms with E-state index in [-0.39, 0.29) is 11.5 Å². The van der Waals surface area contributed by atoms with Crippen molar-refractivity contribution in [2.75, 3.05) is 12.4 Å². The molecule has 3 N–H and O–H groups in total. The van der Waals surface area contributed by atoms with Gasteiger partial charge in [-0.15, -0.1) is 0 Å². The number of nitrogens with one attached hydrogen (secondary N) is 2. The molecule has 7 nitrogen and oxygen atoms in total. The Morgan fingerprint density at radius 1 is 1.38 bits per heavy atom. The summed E-state index contributed by atoms with van der Waals surface area (Å²) in [7, 11) is 1.49. The fraction of sp³-hybridized carbons (Fsp3) is 0.200. The summed E-state index contributed by atoms with van der Waals surface area (Å²) in [5.74, 6) is -0.131. The Bertz CT molecular complexity index is 727.